The summed E-state index contributed by atoms with van der Waals surface area (Å²) in [6, 6.07) is 30.2. The van der Waals surface area contributed by atoms with Gasteiger partial charge in [0.15, 0.2) is 0 Å². The van der Waals surface area contributed by atoms with Crippen molar-refractivity contribution in [1.82, 2.24) is 4.90 Å². The maximum atomic E-state index is 13.8. The van der Waals surface area contributed by atoms with Gasteiger partial charge in [0, 0.05) is 16.1 Å². The molecule has 0 aromatic heterocycles. The Labute approximate surface area is 239 Å². The average Bonchev–Trinajstić information content (AvgIpc) is 2.93. The summed E-state index contributed by atoms with van der Waals surface area (Å²) in [6.45, 7) is 3.75. The van der Waals surface area contributed by atoms with E-state index in [9.17, 15) is 14.7 Å². The minimum Gasteiger partial charge on any atom is -0.492 e. The molecule has 0 spiro atoms. The third kappa shape index (κ3) is 7.87. The lowest BCUT2D eigenvalue weighted by atomic mass is 9.93. The van der Waals surface area contributed by atoms with Crippen LogP contribution in [0.25, 0.3) is 11.1 Å². The van der Waals surface area contributed by atoms with Crippen LogP contribution < -0.4 is 9.47 Å². The number of benzene rings is 4. The first-order valence-electron chi connectivity index (χ1n) is 13.1. The molecule has 0 radical (unpaired) electrons. The fourth-order valence-electron chi connectivity index (χ4n) is 4.38. The number of ether oxygens (including phenoxy) is 2. The first-order valence-corrected chi connectivity index (χ1v) is 13.5. The second-order valence-electron chi connectivity index (χ2n) is 9.62. The maximum Gasteiger partial charge on any atom is 0.323 e. The second kappa shape index (κ2) is 13.7. The Bertz CT molecular complexity index is 1440. The molecule has 4 aromatic carbocycles. The monoisotopic (exact) mass is 557 g/mol. The van der Waals surface area contributed by atoms with Gasteiger partial charge in [-0.15, -0.1) is 0 Å². The number of carboxylic acid groups (broad SMARTS) is 1. The first-order chi connectivity index (χ1) is 19.3. The zero-order chi connectivity index (χ0) is 28.5. The van der Waals surface area contributed by atoms with Gasteiger partial charge in [0.2, 0.25) is 0 Å². The van der Waals surface area contributed by atoms with Crippen molar-refractivity contribution >= 4 is 23.5 Å². The molecule has 0 aliphatic carbocycles. The Hall–Kier alpha value is -4.29. The van der Waals surface area contributed by atoms with Crippen LogP contribution in [-0.2, 0) is 11.2 Å². The molecule has 0 unspecified atom stereocenters. The van der Waals surface area contributed by atoms with Crippen LogP contribution in [0, 0.1) is 0 Å². The Balaban J connectivity index is 1.65. The van der Waals surface area contributed by atoms with Gasteiger partial charge in [0.1, 0.15) is 24.7 Å². The number of aliphatic carboxylic acids is 1. The summed E-state index contributed by atoms with van der Waals surface area (Å²) in [5, 5.41) is 10.1. The predicted molar refractivity (Wildman–Crippen MR) is 157 cm³/mol. The Morgan fingerprint density at radius 1 is 0.900 bits per heavy atom. The zero-order valence-corrected chi connectivity index (χ0v) is 23.3. The molecule has 7 heteroatoms. The number of rotatable bonds is 12. The lowest BCUT2D eigenvalue weighted by molar-refractivity contribution is -0.137. The van der Waals surface area contributed by atoms with Gasteiger partial charge in [-0.2, -0.15) is 0 Å². The molecule has 6 nitrogen and oxygen atoms in total. The number of carboxylic acids is 1. The highest BCUT2D eigenvalue weighted by molar-refractivity contribution is 6.30. The topological polar surface area (TPSA) is 76.1 Å². The molecule has 0 saturated heterocycles. The van der Waals surface area contributed by atoms with Crippen LogP contribution in [0.5, 0.6) is 11.5 Å². The zero-order valence-electron chi connectivity index (χ0n) is 22.5. The van der Waals surface area contributed by atoms with Crippen molar-refractivity contribution in [1.29, 1.82) is 0 Å². The van der Waals surface area contributed by atoms with E-state index in [-0.39, 0.29) is 25.2 Å². The SMILES string of the molecule is CC(C)Oc1ccccc1-c1ccc(C(=O)N(CCOc2ccc(Cl)cc2)CC(=O)O)c(Cc2ccccc2)c1. The van der Waals surface area contributed by atoms with Crippen LogP contribution >= 0.6 is 11.6 Å². The van der Waals surface area contributed by atoms with E-state index >= 15 is 0 Å². The van der Waals surface area contributed by atoms with Gasteiger partial charge in [-0.25, -0.2) is 0 Å². The lowest BCUT2D eigenvalue weighted by Crippen LogP contribution is -2.39. The van der Waals surface area contributed by atoms with Crippen molar-refractivity contribution in [2.45, 2.75) is 26.4 Å². The van der Waals surface area contributed by atoms with Crippen LogP contribution in [0.3, 0.4) is 0 Å². The van der Waals surface area contributed by atoms with E-state index in [1.807, 2.05) is 80.6 Å². The molecule has 1 amide bonds. The quantitative estimate of drug-likeness (QED) is 0.203. The van der Waals surface area contributed by atoms with Crippen LogP contribution in [0.1, 0.15) is 35.3 Å². The Morgan fingerprint density at radius 2 is 1.60 bits per heavy atom. The van der Waals surface area contributed by atoms with Crippen molar-refractivity contribution in [3.05, 3.63) is 119 Å². The van der Waals surface area contributed by atoms with Crippen molar-refractivity contribution in [2.75, 3.05) is 19.7 Å². The van der Waals surface area contributed by atoms with Crippen LogP contribution in [-0.4, -0.2) is 47.7 Å². The Kier molecular flexibility index (Phi) is 9.81. The molecule has 206 valence electrons. The fraction of sp³-hybridized carbons (Fsp3) is 0.212. The van der Waals surface area contributed by atoms with Gasteiger partial charge in [-0.05, 0) is 79.4 Å². The van der Waals surface area contributed by atoms with Crippen LogP contribution in [0.15, 0.2) is 97.1 Å². The molecule has 1 N–H and O–H groups in total. The molecule has 0 aliphatic heterocycles. The van der Waals surface area contributed by atoms with E-state index in [4.69, 9.17) is 21.1 Å². The summed E-state index contributed by atoms with van der Waals surface area (Å²) < 4.78 is 11.8. The summed E-state index contributed by atoms with van der Waals surface area (Å²) in [6.07, 6.45) is 0.510. The number of carbonyl (C=O) groups excluding carboxylic acids is 1. The fourth-order valence-corrected chi connectivity index (χ4v) is 4.51. The number of hydrogen-bond acceptors (Lipinski definition) is 4. The third-order valence-electron chi connectivity index (χ3n) is 6.19. The molecule has 0 heterocycles. The highest BCUT2D eigenvalue weighted by Crippen LogP contribution is 2.33. The number of hydrogen-bond donors (Lipinski definition) is 1. The maximum absolute atomic E-state index is 13.8. The summed E-state index contributed by atoms with van der Waals surface area (Å²) in [5.41, 5.74) is 4.11. The van der Waals surface area contributed by atoms with Crippen molar-refractivity contribution in [2.24, 2.45) is 0 Å². The third-order valence-corrected chi connectivity index (χ3v) is 6.44. The first kappa shape index (κ1) is 28.7. The van der Waals surface area contributed by atoms with Gasteiger partial charge in [-0.3, -0.25) is 9.59 Å². The van der Waals surface area contributed by atoms with Crippen molar-refractivity contribution in [3.8, 4) is 22.6 Å². The van der Waals surface area contributed by atoms with E-state index in [1.54, 1.807) is 30.3 Å². The van der Waals surface area contributed by atoms with E-state index in [0.29, 0.717) is 22.8 Å². The molecule has 0 fully saturated rings. The Morgan fingerprint density at radius 3 is 2.30 bits per heavy atom. The normalized spacial score (nSPS) is 10.8. The summed E-state index contributed by atoms with van der Waals surface area (Å²) in [4.78, 5) is 26.8. The largest absolute Gasteiger partial charge is 0.492 e. The van der Waals surface area contributed by atoms with Crippen molar-refractivity contribution < 1.29 is 24.2 Å². The molecule has 4 aromatic rings. The lowest BCUT2D eigenvalue weighted by Gasteiger charge is -2.23. The number of para-hydroxylation sites is 1. The van der Waals surface area contributed by atoms with E-state index in [2.05, 4.69) is 0 Å². The minimum atomic E-state index is -1.10. The van der Waals surface area contributed by atoms with Gasteiger partial charge < -0.3 is 19.5 Å². The number of amides is 1. The smallest absolute Gasteiger partial charge is 0.323 e. The second-order valence-corrected chi connectivity index (χ2v) is 10.1. The van der Waals surface area contributed by atoms with Crippen molar-refractivity contribution in [3.63, 3.8) is 0 Å². The number of nitrogens with zero attached hydrogens (tertiary/aromatic N) is 1. The average molecular weight is 558 g/mol. The summed E-state index contributed by atoms with van der Waals surface area (Å²) in [7, 11) is 0. The van der Waals surface area contributed by atoms with E-state index in [0.717, 1.165) is 28.0 Å². The molecule has 40 heavy (non-hydrogen) atoms. The summed E-state index contributed by atoms with van der Waals surface area (Å²) in [5.74, 6) is -0.121. The predicted octanol–water partition coefficient (Wildman–Crippen LogP) is 6.99. The molecule has 0 atom stereocenters. The summed E-state index contributed by atoms with van der Waals surface area (Å²) >= 11 is 5.94. The van der Waals surface area contributed by atoms with Crippen LogP contribution in [0.2, 0.25) is 5.02 Å². The number of carbonyl (C=O) groups is 2. The van der Waals surface area contributed by atoms with Gasteiger partial charge >= 0.3 is 5.97 Å². The molecular formula is C33H32ClNO5. The van der Waals surface area contributed by atoms with Crippen LogP contribution in [0.4, 0.5) is 0 Å². The van der Waals surface area contributed by atoms with Gasteiger partial charge in [0.25, 0.3) is 5.91 Å². The standard InChI is InChI=1S/C33H32ClNO5/c1-23(2)40-31-11-7-6-10-29(31)25-12-17-30(26(21-25)20-24-8-4-3-5-9-24)33(38)35(22-32(36)37)18-19-39-28-15-13-27(34)14-16-28/h3-17,21,23H,18-20,22H2,1-2H3,(H,36,37). The van der Waals surface area contributed by atoms with Gasteiger partial charge in [-0.1, -0.05) is 66.2 Å². The number of halogens is 1. The van der Waals surface area contributed by atoms with E-state index in [1.165, 1.54) is 4.90 Å². The highest BCUT2D eigenvalue weighted by Gasteiger charge is 2.22. The molecular weight excluding hydrogens is 526 g/mol. The molecule has 0 saturated carbocycles. The van der Waals surface area contributed by atoms with E-state index < -0.39 is 12.5 Å². The molecule has 0 bridgehead atoms. The minimum absolute atomic E-state index is 0.00505. The highest BCUT2D eigenvalue weighted by atomic mass is 35.5. The van der Waals surface area contributed by atoms with Gasteiger partial charge in [0.05, 0.1) is 12.6 Å². The molecule has 4 rings (SSSR count). The molecule has 0 aliphatic rings.